The second kappa shape index (κ2) is 6.02. The molecule has 0 aliphatic rings. The molecule has 0 aromatic carbocycles. The summed E-state index contributed by atoms with van der Waals surface area (Å²) >= 11 is 0. The highest BCUT2D eigenvalue weighted by Crippen LogP contribution is 2.04. The third-order valence-electron chi connectivity index (χ3n) is 2.24. The van der Waals surface area contributed by atoms with Crippen LogP contribution in [0.1, 0.15) is 6.92 Å². The molecule has 90 valence electrons. The molecule has 0 radical (unpaired) electrons. The van der Waals surface area contributed by atoms with Gasteiger partial charge in [0.25, 0.3) is 0 Å². The van der Waals surface area contributed by atoms with Crippen molar-refractivity contribution >= 4 is 5.91 Å². The lowest BCUT2D eigenvalue weighted by Crippen LogP contribution is -2.60. The number of nitrogens with zero attached hydrogens (tertiary/aromatic N) is 1. The van der Waals surface area contributed by atoms with E-state index in [-0.39, 0.29) is 5.91 Å². The molecule has 0 spiro atoms. The van der Waals surface area contributed by atoms with E-state index < -0.39 is 31.4 Å². The normalized spacial score (nSPS) is 13.7. The van der Waals surface area contributed by atoms with Gasteiger partial charge in [0.2, 0.25) is 5.91 Å². The van der Waals surface area contributed by atoms with Crippen LogP contribution in [0.25, 0.3) is 0 Å². The zero-order chi connectivity index (χ0) is 12.1. The van der Waals surface area contributed by atoms with Gasteiger partial charge in [-0.1, -0.05) is 0 Å². The minimum absolute atomic E-state index is 0.185. The van der Waals surface area contributed by atoms with Gasteiger partial charge < -0.3 is 20.2 Å². The third kappa shape index (κ3) is 3.75. The van der Waals surface area contributed by atoms with E-state index in [0.717, 1.165) is 0 Å². The molecule has 0 aromatic rings. The Morgan fingerprint density at radius 3 is 1.93 bits per heavy atom. The fourth-order valence-electron chi connectivity index (χ4n) is 1.20. The Labute approximate surface area is 89.5 Å². The number of hydrogen-bond donors (Lipinski definition) is 4. The van der Waals surface area contributed by atoms with Crippen LogP contribution in [0.3, 0.4) is 0 Å². The molecule has 0 aromatic heterocycles. The molecule has 1 atom stereocenters. The molecule has 6 nitrogen and oxygen atoms in total. The van der Waals surface area contributed by atoms with E-state index in [9.17, 15) is 4.79 Å². The number of aliphatic hydroxyl groups is 3. The predicted molar refractivity (Wildman–Crippen MR) is 55.3 cm³/mol. The van der Waals surface area contributed by atoms with Crippen molar-refractivity contribution in [3.05, 3.63) is 0 Å². The summed E-state index contributed by atoms with van der Waals surface area (Å²) in [4.78, 5) is 12.9. The highest BCUT2D eigenvalue weighted by Gasteiger charge is 2.31. The molecule has 4 N–H and O–H groups in total. The Balaban J connectivity index is 4.48. The highest BCUT2D eigenvalue weighted by molar-refractivity contribution is 5.81. The number of carbonyl (C=O) groups excluding carboxylic acids is 1. The maximum atomic E-state index is 11.5. The highest BCUT2D eigenvalue weighted by atomic mass is 16.3. The average molecular weight is 220 g/mol. The SMILES string of the molecule is CC(NC(CO)(CO)CO)C(=O)N(C)C. The lowest BCUT2D eigenvalue weighted by Gasteiger charge is -2.32. The molecule has 0 aliphatic heterocycles. The van der Waals surface area contributed by atoms with Gasteiger partial charge in [-0.25, -0.2) is 0 Å². The second-order valence-electron chi connectivity index (χ2n) is 3.85. The largest absolute Gasteiger partial charge is 0.394 e. The molecule has 15 heavy (non-hydrogen) atoms. The van der Waals surface area contributed by atoms with Gasteiger partial charge in [0.15, 0.2) is 0 Å². The van der Waals surface area contributed by atoms with Crippen LogP contribution in [0.4, 0.5) is 0 Å². The zero-order valence-electron chi connectivity index (χ0n) is 9.40. The third-order valence-corrected chi connectivity index (χ3v) is 2.24. The van der Waals surface area contributed by atoms with Crippen molar-refractivity contribution in [2.75, 3.05) is 33.9 Å². The topological polar surface area (TPSA) is 93.0 Å². The van der Waals surface area contributed by atoms with Gasteiger partial charge in [-0.3, -0.25) is 10.1 Å². The van der Waals surface area contributed by atoms with E-state index in [1.807, 2.05) is 0 Å². The summed E-state index contributed by atoms with van der Waals surface area (Å²) in [5.41, 5.74) is -1.22. The number of likely N-dealkylation sites (N-methyl/N-ethyl adjacent to an activating group) is 1. The molecule has 0 heterocycles. The van der Waals surface area contributed by atoms with Gasteiger partial charge in [0, 0.05) is 14.1 Å². The number of aliphatic hydroxyl groups excluding tert-OH is 3. The second-order valence-corrected chi connectivity index (χ2v) is 3.85. The molecular weight excluding hydrogens is 200 g/mol. The Bertz CT molecular complexity index is 196. The number of carbonyl (C=O) groups is 1. The number of rotatable bonds is 6. The van der Waals surface area contributed by atoms with Crippen LogP contribution in [0.15, 0.2) is 0 Å². The fourth-order valence-corrected chi connectivity index (χ4v) is 1.20. The Morgan fingerprint density at radius 1 is 1.27 bits per heavy atom. The molecule has 0 saturated heterocycles. The standard InChI is InChI=1S/C9H20N2O4/c1-7(8(15)11(2)3)10-9(4-12,5-13)6-14/h7,10,12-14H,4-6H2,1-3H3. The van der Waals surface area contributed by atoms with Crippen molar-refractivity contribution in [3.63, 3.8) is 0 Å². The van der Waals surface area contributed by atoms with Gasteiger partial charge in [0.1, 0.15) is 0 Å². The van der Waals surface area contributed by atoms with Crippen molar-refractivity contribution in [3.8, 4) is 0 Å². The summed E-state index contributed by atoms with van der Waals surface area (Å²) in [6.45, 7) is 0.291. The lowest BCUT2D eigenvalue weighted by molar-refractivity contribution is -0.131. The maximum Gasteiger partial charge on any atom is 0.238 e. The first kappa shape index (κ1) is 14.3. The number of hydrogen-bond acceptors (Lipinski definition) is 5. The zero-order valence-corrected chi connectivity index (χ0v) is 9.40. The van der Waals surface area contributed by atoms with Crippen LogP contribution in [0.5, 0.6) is 0 Å². The summed E-state index contributed by atoms with van der Waals surface area (Å²) < 4.78 is 0. The minimum Gasteiger partial charge on any atom is -0.394 e. The molecule has 0 saturated carbocycles. The Kier molecular flexibility index (Phi) is 5.74. The summed E-state index contributed by atoms with van der Waals surface area (Å²) in [5, 5.41) is 29.8. The van der Waals surface area contributed by atoms with Crippen LogP contribution in [-0.2, 0) is 4.79 Å². The lowest BCUT2D eigenvalue weighted by atomic mass is 10.0. The van der Waals surface area contributed by atoms with Crippen LogP contribution in [-0.4, -0.2) is 71.6 Å². The summed E-state index contributed by atoms with van der Waals surface area (Å²) in [6.07, 6.45) is 0. The van der Waals surface area contributed by atoms with Gasteiger partial charge in [-0.05, 0) is 6.92 Å². The van der Waals surface area contributed by atoms with Gasteiger partial charge in [-0.15, -0.1) is 0 Å². The molecule has 0 fully saturated rings. The molecule has 0 bridgehead atoms. The van der Waals surface area contributed by atoms with E-state index >= 15 is 0 Å². The molecule has 1 unspecified atom stereocenters. The number of amides is 1. The molecule has 6 heteroatoms. The van der Waals surface area contributed by atoms with Gasteiger partial charge in [0.05, 0.1) is 31.4 Å². The maximum absolute atomic E-state index is 11.5. The van der Waals surface area contributed by atoms with E-state index in [1.54, 1.807) is 21.0 Å². The first-order chi connectivity index (χ1) is 6.92. The van der Waals surface area contributed by atoms with Crippen molar-refractivity contribution in [2.45, 2.75) is 18.5 Å². The average Bonchev–Trinajstić information content (AvgIpc) is 2.24. The molecule has 1 amide bonds. The summed E-state index contributed by atoms with van der Waals surface area (Å²) in [6, 6.07) is -0.577. The first-order valence-electron chi connectivity index (χ1n) is 4.74. The van der Waals surface area contributed by atoms with Gasteiger partial charge in [-0.2, -0.15) is 0 Å². The smallest absolute Gasteiger partial charge is 0.238 e. The van der Waals surface area contributed by atoms with E-state index in [0.29, 0.717) is 0 Å². The van der Waals surface area contributed by atoms with Crippen LogP contribution < -0.4 is 5.32 Å². The summed E-state index contributed by atoms with van der Waals surface area (Å²) in [7, 11) is 3.22. The first-order valence-corrected chi connectivity index (χ1v) is 4.74. The quantitative estimate of drug-likeness (QED) is 0.406. The van der Waals surface area contributed by atoms with Crippen molar-refractivity contribution in [1.82, 2.24) is 10.2 Å². The minimum atomic E-state index is -1.22. The Morgan fingerprint density at radius 2 is 1.67 bits per heavy atom. The van der Waals surface area contributed by atoms with Crippen LogP contribution in [0.2, 0.25) is 0 Å². The van der Waals surface area contributed by atoms with E-state index in [1.165, 1.54) is 4.90 Å². The predicted octanol–water partition coefficient (Wildman–Crippen LogP) is -2.23. The molecule has 0 rings (SSSR count). The van der Waals surface area contributed by atoms with Crippen LogP contribution >= 0.6 is 0 Å². The van der Waals surface area contributed by atoms with Crippen molar-refractivity contribution < 1.29 is 20.1 Å². The van der Waals surface area contributed by atoms with Crippen molar-refractivity contribution in [1.29, 1.82) is 0 Å². The molecule has 0 aliphatic carbocycles. The van der Waals surface area contributed by atoms with Crippen molar-refractivity contribution in [2.24, 2.45) is 0 Å². The van der Waals surface area contributed by atoms with E-state index in [2.05, 4.69) is 5.32 Å². The number of nitrogens with one attached hydrogen (secondary N) is 1. The molecular formula is C9H20N2O4. The van der Waals surface area contributed by atoms with Crippen LogP contribution in [0, 0.1) is 0 Å². The summed E-state index contributed by atoms with van der Waals surface area (Å²) in [5.74, 6) is -0.185. The Hall–Kier alpha value is -0.690. The van der Waals surface area contributed by atoms with E-state index in [4.69, 9.17) is 15.3 Å². The fraction of sp³-hybridized carbons (Fsp3) is 0.889. The van der Waals surface area contributed by atoms with Gasteiger partial charge >= 0.3 is 0 Å². The monoisotopic (exact) mass is 220 g/mol.